The molecule has 19 heavy (non-hydrogen) atoms. The molecule has 1 aromatic heterocycles. The smallest absolute Gasteiger partial charge is 0.196 e. The topological polar surface area (TPSA) is 37.3 Å². The summed E-state index contributed by atoms with van der Waals surface area (Å²) in [5, 5.41) is 11.1. The number of fused-ring (bicyclic) bond motifs is 2. The van der Waals surface area contributed by atoms with Gasteiger partial charge in [-0.2, -0.15) is 0 Å². The van der Waals surface area contributed by atoms with Crippen LogP contribution in [0.15, 0.2) is 47.3 Å². The molecule has 3 heteroatoms. The van der Waals surface area contributed by atoms with Crippen LogP contribution in [0, 0.1) is 0 Å². The van der Waals surface area contributed by atoms with Gasteiger partial charge in [0.15, 0.2) is 5.43 Å². The summed E-state index contributed by atoms with van der Waals surface area (Å²) in [6, 6.07) is 13.5. The normalized spacial score (nSPS) is 12.9. The Hall–Kier alpha value is -1.71. The molecule has 0 radical (unpaired) electrons. The fraction of sp³-hybridized carbons (Fsp3) is 0.188. The van der Waals surface area contributed by atoms with Gasteiger partial charge in [0.2, 0.25) is 0 Å². The summed E-state index contributed by atoms with van der Waals surface area (Å²) in [6.45, 7) is 1.74. The summed E-state index contributed by atoms with van der Waals surface area (Å²) in [7, 11) is 0. The molecule has 0 aliphatic rings. The van der Waals surface area contributed by atoms with Gasteiger partial charge in [-0.15, -0.1) is 11.3 Å². The standard InChI is InChI=1S/C16H14O2S/c1-10(17)9-11-5-4-8-14-15(11)16(18)12-6-2-3-7-13(12)19-14/h2-8,10,17H,9H2,1H3. The fourth-order valence-electron chi connectivity index (χ4n) is 2.40. The summed E-state index contributed by atoms with van der Waals surface area (Å²) in [6.07, 6.45) is 0.0685. The quantitative estimate of drug-likeness (QED) is 0.725. The predicted molar refractivity (Wildman–Crippen MR) is 81.0 cm³/mol. The van der Waals surface area contributed by atoms with E-state index in [1.807, 2.05) is 42.5 Å². The molecule has 0 aliphatic carbocycles. The van der Waals surface area contributed by atoms with Gasteiger partial charge in [-0.3, -0.25) is 4.79 Å². The van der Waals surface area contributed by atoms with Crippen LogP contribution < -0.4 is 5.43 Å². The second-order valence-corrected chi connectivity index (χ2v) is 5.85. The van der Waals surface area contributed by atoms with E-state index < -0.39 is 6.10 Å². The summed E-state index contributed by atoms with van der Waals surface area (Å²) < 4.78 is 2.00. The molecular weight excluding hydrogens is 256 g/mol. The van der Waals surface area contributed by atoms with E-state index in [4.69, 9.17) is 0 Å². The zero-order chi connectivity index (χ0) is 13.4. The minimum Gasteiger partial charge on any atom is -0.393 e. The van der Waals surface area contributed by atoms with Crippen LogP contribution >= 0.6 is 11.3 Å². The van der Waals surface area contributed by atoms with E-state index in [9.17, 15) is 9.90 Å². The van der Waals surface area contributed by atoms with Crippen LogP contribution in [0.4, 0.5) is 0 Å². The predicted octanol–water partition coefficient (Wildman–Crippen LogP) is 3.34. The molecule has 3 rings (SSSR count). The molecule has 0 saturated carbocycles. The van der Waals surface area contributed by atoms with Crippen molar-refractivity contribution in [2.75, 3.05) is 0 Å². The lowest BCUT2D eigenvalue weighted by molar-refractivity contribution is 0.196. The Bertz CT molecular complexity index is 803. The molecule has 0 aliphatic heterocycles. The lowest BCUT2D eigenvalue weighted by Crippen LogP contribution is -2.09. The Labute approximate surface area is 114 Å². The maximum Gasteiger partial charge on any atom is 0.196 e. The highest BCUT2D eigenvalue weighted by Crippen LogP contribution is 2.26. The zero-order valence-corrected chi connectivity index (χ0v) is 11.4. The van der Waals surface area contributed by atoms with Crippen molar-refractivity contribution in [2.45, 2.75) is 19.4 Å². The van der Waals surface area contributed by atoms with Gasteiger partial charge in [0.05, 0.1) is 6.10 Å². The van der Waals surface area contributed by atoms with E-state index in [0.29, 0.717) is 6.42 Å². The van der Waals surface area contributed by atoms with E-state index >= 15 is 0 Å². The third-order valence-corrected chi connectivity index (χ3v) is 4.34. The van der Waals surface area contributed by atoms with Crippen molar-refractivity contribution < 1.29 is 5.11 Å². The molecule has 0 bridgehead atoms. The van der Waals surface area contributed by atoms with Gasteiger partial charge >= 0.3 is 0 Å². The molecule has 3 aromatic rings. The Morgan fingerprint density at radius 3 is 2.63 bits per heavy atom. The number of benzene rings is 2. The Morgan fingerprint density at radius 2 is 1.84 bits per heavy atom. The largest absolute Gasteiger partial charge is 0.393 e. The SMILES string of the molecule is CC(O)Cc1cccc2sc3ccccc3c(=O)c12. The fourth-order valence-corrected chi connectivity index (χ4v) is 3.53. The lowest BCUT2D eigenvalue weighted by Gasteiger charge is -2.08. The first kappa shape index (κ1) is 12.3. The highest BCUT2D eigenvalue weighted by atomic mass is 32.1. The van der Waals surface area contributed by atoms with Gasteiger partial charge in [-0.1, -0.05) is 24.3 Å². The molecule has 0 fully saturated rings. The van der Waals surface area contributed by atoms with Gasteiger partial charge in [0.1, 0.15) is 0 Å². The number of hydrogen-bond donors (Lipinski definition) is 1. The summed E-state index contributed by atoms with van der Waals surface area (Å²) in [5.41, 5.74) is 1.00. The van der Waals surface area contributed by atoms with Crippen molar-refractivity contribution in [2.24, 2.45) is 0 Å². The monoisotopic (exact) mass is 270 g/mol. The molecule has 1 unspecified atom stereocenters. The van der Waals surface area contributed by atoms with E-state index in [1.165, 1.54) is 0 Å². The molecule has 0 saturated heterocycles. The van der Waals surface area contributed by atoms with E-state index in [1.54, 1.807) is 18.3 Å². The van der Waals surface area contributed by atoms with Crippen LogP contribution in [0.3, 0.4) is 0 Å². The van der Waals surface area contributed by atoms with Gasteiger partial charge in [0.25, 0.3) is 0 Å². The summed E-state index contributed by atoms with van der Waals surface area (Å²) in [4.78, 5) is 12.6. The average Bonchev–Trinajstić information content (AvgIpc) is 2.38. The number of aliphatic hydroxyl groups is 1. The number of hydrogen-bond acceptors (Lipinski definition) is 3. The van der Waals surface area contributed by atoms with Crippen LogP contribution in [0.5, 0.6) is 0 Å². The molecule has 0 spiro atoms. The van der Waals surface area contributed by atoms with Crippen LogP contribution in [0.2, 0.25) is 0 Å². The molecule has 2 aromatic carbocycles. The number of rotatable bonds is 2. The minimum absolute atomic E-state index is 0.0700. The molecule has 1 N–H and O–H groups in total. The highest BCUT2D eigenvalue weighted by Gasteiger charge is 2.10. The molecule has 0 amide bonds. The Kier molecular flexibility index (Phi) is 3.09. The number of aliphatic hydroxyl groups excluding tert-OH is 1. The van der Waals surface area contributed by atoms with E-state index in [-0.39, 0.29) is 5.43 Å². The molecular formula is C16H14O2S. The van der Waals surface area contributed by atoms with Crippen LogP contribution in [-0.2, 0) is 6.42 Å². The molecule has 1 atom stereocenters. The summed E-state index contributed by atoms with van der Waals surface area (Å²) >= 11 is 1.63. The lowest BCUT2D eigenvalue weighted by atomic mass is 10.0. The van der Waals surface area contributed by atoms with Gasteiger partial charge < -0.3 is 5.11 Å². The van der Waals surface area contributed by atoms with Crippen molar-refractivity contribution >= 4 is 31.5 Å². The van der Waals surface area contributed by atoms with Crippen LogP contribution in [-0.4, -0.2) is 11.2 Å². The second kappa shape index (κ2) is 4.76. The van der Waals surface area contributed by atoms with Crippen molar-refractivity contribution in [3.63, 3.8) is 0 Å². The minimum atomic E-state index is -0.443. The van der Waals surface area contributed by atoms with Gasteiger partial charge in [0, 0.05) is 20.2 Å². The molecule has 2 nitrogen and oxygen atoms in total. The van der Waals surface area contributed by atoms with Crippen molar-refractivity contribution in [3.8, 4) is 0 Å². The summed E-state index contributed by atoms with van der Waals surface area (Å²) in [5.74, 6) is 0. The second-order valence-electron chi connectivity index (χ2n) is 4.77. The van der Waals surface area contributed by atoms with E-state index in [0.717, 1.165) is 25.7 Å². The molecule has 1 heterocycles. The third-order valence-electron chi connectivity index (χ3n) is 3.21. The average molecular weight is 270 g/mol. The first-order chi connectivity index (χ1) is 9.16. The Morgan fingerprint density at radius 1 is 1.11 bits per heavy atom. The van der Waals surface area contributed by atoms with Crippen LogP contribution in [0.25, 0.3) is 20.2 Å². The van der Waals surface area contributed by atoms with Crippen molar-refractivity contribution in [1.29, 1.82) is 0 Å². The van der Waals surface area contributed by atoms with Crippen LogP contribution in [0.1, 0.15) is 12.5 Å². The highest BCUT2D eigenvalue weighted by molar-refractivity contribution is 7.24. The first-order valence-electron chi connectivity index (χ1n) is 6.28. The van der Waals surface area contributed by atoms with Crippen molar-refractivity contribution in [1.82, 2.24) is 0 Å². The maximum atomic E-state index is 12.6. The van der Waals surface area contributed by atoms with E-state index in [2.05, 4.69) is 0 Å². The maximum absolute atomic E-state index is 12.6. The van der Waals surface area contributed by atoms with Gasteiger partial charge in [-0.25, -0.2) is 0 Å². The van der Waals surface area contributed by atoms with Crippen molar-refractivity contribution in [3.05, 3.63) is 58.3 Å². The van der Waals surface area contributed by atoms with Gasteiger partial charge in [-0.05, 0) is 37.1 Å². The molecule has 96 valence electrons. The zero-order valence-electron chi connectivity index (χ0n) is 10.6. The Balaban J connectivity index is 2.42. The first-order valence-corrected chi connectivity index (χ1v) is 7.10. The third kappa shape index (κ3) is 2.15.